The number of hydrogen-bond acceptors (Lipinski definition) is 8. The van der Waals surface area contributed by atoms with Crippen LogP contribution >= 0.6 is 11.3 Å². The predicted molar refractivity (Wildman–Crippen MR) is 90.5 cm³/mol. The van der Waals surface area contributed by atoms with Crippen LogP contribution in [-0.4, -0.2) is 46.6 Å². The lowest BCUT2D eigenvalue weighted by atomic mass is 10.1. The Morgan fingerprint density at radius 3 is 2.54 bits per heavy atom. The van der Waals surface area contributed by atoms with Crippen molar-refractivity contribution in [3.63, 3.8) is 0 Å². The van der Waals surface area contributed by atoms with Gasteiger partial charge in [0.05, 0.1) is 14.2 Å². The van der Waals surface area contributed by atoms with Crippen molar-refractivity contribution in [3.05, 3.63) is 23.2 Å². The van der Waals surface area contributed by atoms with Crippen LogP contribution in [0.3, 0.4) is 0 Å². The molecule has 2 N–H and O–H groups in total. The Hall–Kier alpha value is -2.23. The first-order chi connectivity index (χ1) is 11.7. The lowest BCUT2D eigenvalue weighted by Crippen LogP contribution is -2.28. The zero-order valence-electron chi connectivity index (χ0n) is 13.6. The van der Waals surface area contributed by atoms with E-state index in [9.17, 15) is 0 Å². The molecule has 3 heterocycles. The van der Waals surface area contributed by atoms with Gasteiger partial charge in [-0.2, -0.15) is 9.61 Å². The van der Waals surface area contributed by atoms with Crippen molar-refractivity contribution in [2.45, 2.75) is 18.9 Å². The molecule has 0 radical (unpaired) electrons. The van der Waals surface area contributed by atoms with Crippen LogP contribution < -0.4 is 20.3 Å². The number of rotatable bonds is 4. The van der Waals surface area contributed by atoms with E-state index in [-0.39, 0.29) is 0 Å². The first-order valence-electron chi connectivity index (χ1n) is 7.63. The normalized spacial score (nSPS) is 20.6. The highest BCUT2D eigenvalue weighted by Gasteiger charge is 2.28. The Morgan fingerprint density at radius 1 is 1.17 bits per heavy atom. The molecule has 0 spiro atoms. The van der Waals surface area contributed by atoms with E-state index >= 15 is 0 Å². The Balaban J connectivity index is 1.78. The molecule has 0 aliphatic carbocycles. The Labute approximate surface area is 142 Å². The van der Waals surface area contributed by atoms with Crippen LogP contribution in [0.5, 0.6) is 11.5 Å². The van der Waals surface area contributed by atoms with Crippen LogP contribution in [0.15, 0.2) is 18.2 Å². The van der Waals surface area contributed by atoms with Gasteiger partial charge in [0.25, 0.3) is 0 Å². The van der Waals surface area contributed by atoms with Crippen LogP contribution in [0, 0.1) is 0 Å². The highest BCUT2D eigenvalue weighted by Crippen LogP contribution is 2.32. The third-order valence-corrected chi connectivity index (χ3v) is 5.22. The van der Waals surface area contributed by atoms with E-state index in [0.717, 1.165) is 22.1 Å². The number of ether oxygens (including phenoxy) is 2. The number of hydrogen-bond donors (Lipinski definition) is 2. The quantitative estimate of drug-likeness (QED) is 0.739. The van der Waals surface area contributed by atoms with E-state index in [1.807, 2.05) is 18.2 Å². The van der Waals surface area contributed by atoms with E-state index in [2.05, 4.69) is 28.0 Å². The second-order valence-electron chi connectivity index (χ2n) is 5.68. The summed E-state index contributed by atoms with van der Waals surface area (Å²) in [5.74, 6) is 2.41. The van der Waals surface area contributed by atoms with E-state index < -0.39 is 0 Å². The third kappa shape index (κ3) is 2.50. The summed E-state index contributed by atoms with van der Waals surface area (Å²) in [4.78, 5) is 0.779. The van der Waals surface area contributed by atoms with E-state index in [1.54, 1.807) is 30.1 Å². The summed E-state index contributed by atoms with van der Waals surface area (Å²) in [6.07, 6.45) is 0. The van der Waals surface area contributed by atoms with Crippen molar-refractivity contribution in [2.24, 2.45) is 0 Å². The highest BCUT2D eigenvalue weighted by atomic mass is 32.1. The molecule has 0 amide bonds. The van der Waals surface area contributed by atoms with Gasteiger partial charge in [-0.25, -0.2) is 0 Å². The predicted octanol–water partition coefficient (Wildman–Crippen LogP) is 1.45. The molecular weight excluding hydrogens is 328 g/mol. The van der Waals surface area contributed by atoms with Gasteiger partial charge >= 0.3 is 0 Å². The standard InChI is InChI=1S/C15H18N6O2S/c1-8-12(7-16-17-8)14-20-21-13(18-19-15(21)24-14)9-4-10(22-2)6-11(5-9)23-3/h4-6,8,12,16-17H,7H2,1-3H3. The molecule has 126 valence electrons. The van der Waals surface area contributed by atoms with Crippen molar-refractivity contribution >= 4 is 16.3 Å². The minimum absolute atomic E-state index is 0.324. The number of nitrogens with one attached hydrogen (secondary N) is 2. The van der Waals surface area contributed by atoms with Crippen LogP contribution in [0.4, 0.5) is 0 Å². The average Bonchev–Trinajstić information content (AvgIpc) is 3.28. The topological polar surface area (TPSA) is 85.6 Å². The smallest absolute Gasteiger partial charge is 0.234 e. The van der Waals surface area contributed by atoms with Gasteiger partial charge in [-0.15, -0.1) is 10.2 Å². The molecule has 2 unspecified atom stereocenters. The van der Waals surface area contributed by atoms with Crippen LogP contribution in [0.1, 0.15) is 17.8 Å². The summed E-state index contributed by atoms with van der Waals surface area (Å²) < 4.78 is 12.5. The molecule has 0 saturated carbocycles. The largest absolute Gasteiger partial charge is 0.497 e. The number of hydrazine groups is 1. The van der Waals surface area contributed by atoms with Gasteiger partial charge in [0.1, 0.15) is 16.5 Å². The van der Waals surface area contributed by atoms with Crippen molar-refractivity contribution < 1.29 is 9.47 Å². The van der Waals surface area contributed by atoms with Crippen LogP contribution in [-0.2, 0) is 0 Å². The van der Waals surface area contributed by atoms with Crippen molar-refractivity contribution in [2.75, 3.05) is 20.8 Å². The molecule has 24 heavy (non-hydrogen) atoms. The van der Waals surface area contributed by atoms with Gasteiger partial charge in [0, 0.05) is 30.1 Å². The minimum Gasteiger partial charge on any atom is -0.497 e. The summed E-state index contributed by atoms with van der Waals surface area (Å²) >= 11 is 1.57. The summed E-state index contributed by atoms with van der Waals surface area (Å²) in [6.45, 7) is 2.99. The van der Waals surface area contributed by atoms with Crippen molar-refractivity contribution in [1.82, 2.24) is 30.7 Å². The van der Waals surface area contributed by atoms with Crippen molar-refractivity contribution in [3.8, 4) is 22.9 Å². The second-order valence-corrected chi connectivity index (χ2v) is 6.67. The highest BCUT2D eigenvalue weighted by molar-refractivity contribution is 7.16. The summed E-state index contributed by atoms with van der Waals surface area (Å²) in [6, 6.07) is 5.96. The fourth-order valence-corrected chi connectivity index (χ4v) is 3.85. The monoisotopic (exact) mass is 346 g/mol. The fraction of sp³-hybridized carbons (Fsp3) is 0.400. The maximum Gasteiger partial charge on any atom is 0.234 e. The van der Waals surface area contributed by atoms with Gasteiger partial charge in [-0.1, -0.05) is 11.3 Å². The molecule has 2 aromatic heterocycles. The summed E-state index contributed by atoms with van der Waals surface area (Å²) in [5.41, 5.74) is 7.24. The van der Waals surface area contributed by atoms with Gasteiger partial charge < -0.3 is 9.47 Å². The van der Waals surface area contributed by atoms with Gasteiger partial charge in [-0.3, -0.25) is 10.9 Å². The number of fused-ring (bicyclic) bond motifs is 1. The SMILES string of the molecule is COc1cc(OC)cc(-c2nnc3sc(C4CNNC4C)nn23)c1. The molecule has 2 atom stereocenters. The summed E-state index contributed by atoms with van der Waals surface area (Å²) in [5, 5.41) is 14.3. The Bertz CT molecular complexity index is 854. The molecule has 8 nitrogen and oxygen atoms in total. The first-order valence-corrected chi connectivity index (χ1v) is 8.45. The number of methoxy groups -OCH3 is 2. The molecule has 1 saturated heterocycles. The molecule has 1 aliphatic rings. The second kappa shape index (κ2) is 6.00. The zero-order chi connectivity index (χ0) is 16.7. The lowest BCUT2D eigenvalue weighted by Gasteiger charge is -2.09. The Morgan fingerprint density at radius 2 is 1.92 bits per heavy atom. The summed E-state index contributed by atoms with van der Waals surface area (Å²) in [7, 11) is 3.25. The maximum absolute atomic E-state index is 5.34. The number of benzene rings is 1. The van der Waals surface area contributed by atoms with E-state index in [1.165, 1.54) is 0 Å². The first kappa shape index (κ1) is 15.3. The molecule has 3 aromatic rings. The van der Waals surface area contributed by atoms with Crippen molar-refractivity contribution in [1.29, 1.82) is 0 Å². The molecule has 1 aliphatic heterocycles. The number of aromatic nitrogens is 4. The molecule has 1 fully saturated rings. The van der Waals surface area contributed by atoms with Gasteiger partial charge in [-0.05, 0) is 19.1 Å². The molecule has 4 rings (SSSR count). The third-order valence-electron chi connectivity index (χ3n) is 4.19. The molecule has 0 bridgehead atoms. The van der Waals surface area contributed by atoms with Gasteiger partial charge in [0.2, 0.25) is 4.96 Å². The minimum atomic E-state index is 0.324. The Kier molecular flexibility index (Phi) is 3.83. The van der Waals surface area contributed by atoms with Crippen LogP contribution in [0.2, 0.25) is 0 Å². The maximum atomic E-state index is 5.34. The van der Waals surface area contributed by atoms with E-state index in [0.29, 0.717) is 29.3 Å². The van der Waals surface area contributed by atoms with E-state index in [4.69, 9.17) is 14.6 Å². The fourth-order valence-electron chi connectivity index (χ4n) is 2.81. The van der Waals surface area contributed by atoms with Gasteiger partial charge in [0.15, 0.2) is 5.82 Å². The molecule has 1 aromatic carbocycles. The van der Waals surface area contributed by atoms with Crippen LogP contribution in [0.25, 0.3) is 16.3 Å². The lowest BCUT2D eigenvalue weighted by molar-refractivity contribution is 0.394. The average molecular weight is 346 g/mol. The zero-order valence-corrected chi connectivity index (χ0v) is 14.4. The number of nitrogens with zero attached hydrogens (tertiary/aromatic N) is 4. The molecular formula is C15H18N6O2S. The molecule has 9 heteroatoms.